The molecule has 0 amide bonds. The Kier molecular flexibility index (Phi) is 6.45. The van der Waals surface area contributed by atoms with Gasteiger partial charge < -0.3 is 9.84 Å². The van der Waals surface area contributed by atoms with E-state index in [4.69, 9.17) is 4.74 Å². The van der Waals surface area contributed by atoms with E-state index in [9.17, 15) is 5.11 Å². The summed E-state index contributed by atoms with van der Waals surface area (Å²) in [5, 5.41) is 9.92. The van der Waals surface area contributed by atoms with Gasteiger partial charge in [0.05, 0.1) is 19.3 Å². The SMILES string of the molecule is CC(C)(C)CCC[C@@H](O)CCN1CCOCC1. The van der Waals surface area contributed by atoms with Gasteiger partial charge in [-0.15, -0.1) is 0 Å². The molecule has 1 N–H and O–H groups in total. The lowest BCUT2D eigenvalue weighted by Crippen LogP contribution is -2.37. The smallest absolute Gasteiger partial charge is 0.0594 e. The topological polar surface area (TPSA) is 32.7 Å². The molecule has 0 aromatic carbocycles. The minimum Gasteiger partial charge on any atom is -0.393 e. The van der Waals surface area contributed by atoms with Crippen LogP contribution in [-0.4, -0.2) is 49.0 Å². The van der Waals surface area contributed by atoms with Gasteiger partial charge in [0.15, 0.2) is 0 Å². The Morgan fingerprint density at radius 2 is 1.82 bits per heavy atom. The highest BCUT2D eigenvalue weighted by molar-refractivity contribution is 4.67. The van der Waals surface area contributed by atoms with Crippen LogP contribution in [0.2, 0.25) is 0 Å². The summed E-state index contributed by atoms with van der Waals surface area (Å²) in [5.41, 5.74) is 0.393. The second-order valence-corrected chi connectivity index (χ2v) is 6.35. The normalized spacial score (nSPS) is 20.5. The number of aliphatic hydroxyl groups excluding tert-OH is 1. The standard InChI is InChI=1S/C14H29NO2/c1-14(2,3)7-4-5-13(16)6-8-15-9-11-17-12-10-15/h13,16H,4-12H2,1-3H3/t13-/m1/s1. The van der Waals surface area contributed by atoms with Crippen LogP contribution >= 0.6 is 0 Å². The van der Waals surface area contributed by atoms with Crippen LogP contribution in [0.5, 0.6) is 0 Å². The Morgan fingerprint density at radius 3 is 2.41 bits per heavy atom. The maximum atomic E-state index is 9.92. The molecule has 0 aromatic rings. The highest BCUT2D eigenvalue weighted by Crippen LogP contribution is 2.22. The zero-order valence-corrected chi connectivity index (χ0v) is 11.7. The fourth-order valence-electron chi connectivity index (χ4n) is 2.17. The van der Waals surface area contributed by atoms with Crippen molar-refractivity contribution < 1.29 is 9.84 Å². The van der Waals surface area contributed by atoms with Crippen molar-refractivity contribution in [2.24, 2.45) is 5.41 Å². The fraction of sp³-hybridized carbons (Fsp3) is 1.00. The van der Waals surface area contributed by atoms with E-state index in [0.29, 0.717) is 5.41 Å². The molecular formula is C14H29NO2. The van der Waals surface area contributed by atoms with Gasteiger partial charge in [0.2, 0.25) is 0 Å². The summed E-state index contributed by atoms with van der Waals surface area (Å²) in [6, 6.07) is 0. The third kappa shape index (κ3) is 7.74. The molecule has 0 aromatic heterocycles. The summed E-state index contributed by atoms with van der Waals surface area (Å²) in [6.45, 7) is 11.5. The van der Waals surface area contributed by atoms with Crippen molar-refractivity contribution in [3.63, 3.8) is 0 Å². The lowest BCUT2D eigenvalue weighted by molar-refractivity contribution is 0.0292. The Hall–Kier alpha value is -0.120. The maximum absolute atomic E-state index is 9.92. The van der Waals surface area contributed by atoms with Crippen LogP contribution in [-0.2, 0) is 4.74 Å². The van der Waals surface area contributed by atoms with Gasteiger partial charge >= 0.3 is 0 Å². The second kappa shape index (κ2) is 7.34. The average Bonchev–Trinajstić information content (AvgIpc) is 2.26. The number of hydrogen-bond donors (Lipinski definition) is 1. The van der Waals surface area contributed by atoms with Gasteiger partial charge in [-0.2, -0.15) is 0 Å². The van der Waals surface area contributed by atoms with Crippen LogP contribution < -0.4 is 0 Å². The van der Waals surface area contributed by atoms with Crippen molar-refractivity contribution in [2.45, 2.75) is 52.6 Å². The molecule has 0 saturated carbocycles. The number of nitrogens with zero attached hydrogens (tertiary/aromatic N) is 1. The zero-order chi connectivity index (χ0) is 12.7. The van der Waals surface area contributed by atoms with Crippen LogP contribution in [0.4, 0.5) is 0 Å². The van der Waals surface area contributed by atoms with Crippen molar-refractivity contribution in [3.8, 4) is 0 Å². The van der Waals surface area contributed by atoms with Crippen molar-refractivity contribution in [2.75, 3.05) is 32.8 Å². The molecule has 1 fully saturated rings. The molecule has 1 aliphatic rings. The Balaban J connectivity index is 2.02. The predicted molar refractivity (Wildman–Crippen MR) is 71.2 cm³/mol. The van der Waals surface area contributed by atoms with Gasteiger partial charge in [0.25, 0.3) is 0 Å². The number of rotatable bonds is 6. The molecule has 0 radical (unpaired) electrons. The Labute approximate surface area is 106 Å². The Morgan fingerprint density at radius 1 is 1.18 bits per heavy atom. The molecule has 1 aliphatic heterocycles. The molecule has 0 spiro atoms. The zero-order valence-electron chi connectivity index (χ0n) is 11.7. The number of aliphatic hydroxyl groups is 1. The van der Waals surface area contributed by atoms with Gasteiger partial charge in [-0.25, -0.2) is 0 Å². The third-order valence-electron chi connectivity index (χ3n) is 3.35. The van der Waals surface area contributed by atoms with Crippen LogP contribution in [0.1, 0.15) is 46.5 Å². The van der Waals surface area contributed by atoms with E-state index < -0.39 is 0 Å². The van der Waals surface area contributed by atoms with Crippen LogP contribution in [0.15, 0.2) is 0 Å². The fourth-order valence-corrected chi connectivity index (χ4v) is 2.17. The number of hydrogen-bond acceptors (Lipinski definition) is 3. The van der Waals surface area contributed by atoms with Crippen molar-refractivity contribution in [1.29, 1.82) is 0 Å². The summed E-state index contributed by atoms with van der Waals surface area (Å²) in [4.78, 5) is 2.39. The summed E-state index contributed by atoms with van der Waals surface area (Å²) in [5.74, 6) is 0. The van der Waals surface area contributed by atoms with Gasteiger partial charge in [0.1, 0.15) is 0 Å². The minimum absolute atomic E-state index is 0.125. The number of ether oxygens (including phenoxy) is 1. The highest BCUT2D eigenvalue weighted by atomic mass is 16.5. The molecule has 1 atom stereocenters. The van der Waals surface area contributed by atoms with E-state index in [2.05, 4.69) is 25.7 Å². The van der Waals surface area contributed by atoms with Crippen LogP contribution in [0.3, 0.4) is 0 Å². The van der Waals surface area contributed by atoms with Gasteiger partial charge in [-0.1, -0.05) is 27.2 Å². The van der Waals surface area contributed by atoms with E-state index in [1.54, 1.807) is 0 Å². The summed E-state index contributed by atoms with van der Waals surface area (Å²) >= 11 is 0. The second-order valence-electron chi connectivity index (χ2n) is 6.35. The van der Waals surface area contributed by atoms with Crippen molar-refractivity contribution in [3.05, 3.63) is 0 Å². The van der Waals surface area contributed by atoms with Crippen LogP contribution in [0.25, 0.3) is 0 Å². The minimum atomic E-state index is -0.125. The molecule has 0 bridgehead atoms. The maximum Gasteiger partial charge on any atom is 0.0594 e. The summed E-state index contributed by atoms with van der Waals surface area (Å²) in [7, 11) is 0. The molecular weight excluding hydrogens is 214 g/mol. The Bertz CT molecular complexity index is 195. The van der Waals surface area contributed by atoms with E-state index in [-0.39, 0.29) is 6.10 Å². The van der Waals surface area contributed by atoms with Crippen molar-refractivity contribution >= 4 is 0 Å². The van der Waals surface area contributed by atoms with Gasteiger partial charge in [-0.3, -0.25) is 4.90 Å². The predicted octanol–water partition coefficient (Wildman–Crippen LogP) is 2.29. The molecule has 3 nitrogen and oxygen atoms in total. The molecule has 1 heterocycles. The lowest BCUT2D eigenvalue weighted by Gasteiger charge is -2.27. The van der Waals surface area contributed by atoms with Crippen molar-refractivity contribution in [1.82, 2.24) is 4.90 Å². The third-order valence-corrected chi connectivity index (χ3v) is 3.35. The first kappa shape index (κ1) is 14.9. The van der Waals surface area contributed by atoms with E-state index in [1.807, 2.05) is 0 Å². The summed E-state index contributed by atoms with van der Waals surface area (Å²) in [6.07, 6.45) is 4.06. The van der Waals surface area contributed by atoms with Gasteiger partial charge in [-0.05, 0) is 24.7 Å². The first-order valence-electron chi connectivity index (χ1n) is 6.95. The molecule has 102 valence electrons. The quantitative estimate of drug-likeness (QED) is 0.777. The van der Waals surface area contributed by atoms with Crippen LogP contribution in [0, 0.1) is 5.41 Å². The molecule has 0 aliphatic carbocycles. The average molecular weight is 243 g/mol. The first-order chi connectivity index (χ1) is 7.97. The monoisotopic (exact) mass is 243 g/mol. The molecule has 1 rings (SSSR count). The molecule has 3 heteroatoms. The number of morpholine rings is 1. The molecule has 0 unspecified atom stereocenters. The van der Waals surface area contributed by atoms with E-state index in [1.165, 1.54) is 6.42 Å². The first-order valence-corrected chi connectivity index (χ1v) is 6.95. The lowest BCUT2D eigenvalue weighted by atomic mass is 9.89. The summed E-state index contributed by atoms with van der Waals surface area (Å²) < 4.78 is 5.30. The van der Waals surface area contributed by atoms with E-state index >= 15 is 0 Å². The molecule has 17 heavy (non-hydrogen) atoms. The largest absolute Gasteiger partial charge is 0.393 e. The van der Waals surface area contributed by atoms with Gasteiger partial charge in [0, 0.05) is 19.6 Å². The van der Waals surface area contributed by atoms with E-state index in [0.717, 1.165) is 52.1 Å². The highest BCUT2D eigenvalue weighted by Gasteiger charge is 2.14. The molecule has 1 saturated heterocycles.